The van der Waals surface area contributed by atoms with Gasteiger partial charge in [-0.2, -0.15) is 0 Å². The lowest BCUT2D eigenvalue weighted by Gasteiger charge is -2.38. The Balaban J connectivity index is 1.83. The van der Waals surface area contributed by atoms with Crippen molar-refractivity contribution in [3.05, 3.63) is 35.9 Å². The van der Waals surface area contributed by atoms with Crippen molar-refractivity contribution in [2.75, 3.05) is 26.2 Å². The second-order valence-corrected chi connectivity index (χ2v) is 5.54. The van der Waals surface area contributed by atoms with Gasteiger partial charge >= 0.3 is 0 Å². The molecule has 4 heteroatoms. The van der Waals surface area contributed by atoms with Crippen LogP contribution >= 0.6 is 0 Å². The molecule has 102 valence electrons. The first-order valence-corrected chi connectivity index (χ1v) is 7.05. The van der Waals surface area contributed by atoms with Gasteiger partial charge in [-0.15, -0.1) is 0 Å². The number of hydrogen-bond acceptors (Lipinski definition) is 3. The number of piperazine rings is 1. The zero-order valence-corrected chi connectivity index (χ0v) is 11.1. The van der Waals surface area contributed by atoms with E-state index in [1.807, 2.05) is 23.1 Å². The molecule has 1 aliphatic carbocycles. The van der Waals surface area contributed by atoms with Crippen LogP contribution in [0.5, 0.6) is 0 Å². The van der Waals surface area contributed by atoms with Gasteiger partial charge < -0.3 is 16.0 Å². The third kappa shape index (κ3) is 2.15. The van der Waals surface area contributed by atoms with Crippen LogP contribution in [-0.4, -0.2) is 43.0 Å². The number of benzene rings is 1. The smallest absolute Gasteiger partial charge is 0.233 e. The summed E-state index contributed by atoms with van der Waals surface area (Å²) in [6, 6.07) is 10.3. The summed E-state index contributed by atoms with van der Waals surface area (Å²) in [6.07, 6.45) is 1.94. The second-order valence-electron chi connectivity index (χ2n) is 5.54. The van der Waals surface area contributed by atoms with E-state index in [4.69, 9.17) is 5.73 Å². The van der Waals surface area contributed by atoms with E-state index in [1.165, 1.54) is 0 Å². The molecule has 19 heavy (non-hydrogen) atoms. The minimum absolute atomic E-state index is 0.141. The van der Waals surface area contributed by atoms with Crippen molar-refractivity contribution < 1.29 is 4.79 Å². The zero-order chi connectivity index (χ0) is 13.3. The molecule has 1 aliphatic heterocycles. The van der Waals surface area contributed by atoms with E-state index in [0.717, 1.165) is 38.0 Å². The Bertz CT molecular complexity index is 456. The molecular formula is C15H21N3O. The Morgan fingerprint density at radius 3 is 2.74 bits per heavy atom. The van der Waals surface area contributed by atoms with Gasteiger partial charge in [-0.25, -0.2) is 0 Å². The van der Waals surface area contributed by atoms with Crippen LogP contribution in [0, 0.1) is 0 Å². The summed E-state index contributed by atoms with van der Waals surface area (Å²) in [5.41, 5.74) is 6.70. The van der Waals surface area contributed by atoms with E-state index in [1.54, 1.807) is 0 Å². The number of nitrogens with two attached hydrogens (primary N) is 1. The van der Waals surface area contributed by atoms with Crippen molar-refractivity contribution in [2.24, 2.45) is 5.73 Å². The second kappa shape index (κ2) is 4.94. The Kier molecular flexibility index (Phi) is 3.29. The van der Waals surface area contributed by atoms with E-state index >= 15 is 0 Å². The summed E-state index contributed by atoms with van der Waals surface area (Å²) in [4.78, 5) is 14.9. The molecule has 3 N–H and O–H groups in total. The van der Waals surface area contributed by atoms with Crippen molar-refractivity contribution in [1.82, 2.24) is 10.2 Å². The molecule has 0 aromatic heterocycles. The topological polar surface area (TPSA) is 58.4 Å². The molecule has 1 saturated carbocycles. The summed E-state index contributed by atoms with van der Waals surface area (Å²) in [5, 5.41) is 3.31. The highest BCUT2D eigenvalue weighted by Gasteiger charge is 2.53. The number of amides is 1. The summed E-state index contributed by atoms with van der Waals surface area (Å²) in [6.45, 7) is 2.99. The fraction of sp³-hybridized carbons (Fsp3) is 0.533. The average Bonchev–Trinajstić information content (AvgIpc) is 3.29. The maximum absolute atomic E-state index is 12.9. The predicted molar refractivity (Wildman–Crippen MR) is 74.8 cm³/mol. The number of hydrogen-bond donors (Lipinski definition) is 2. The van der Waals surface area contributed by atoms with Gasteiger partial charge in [0.05, 0.1) is 11.5 Å². The quantitative estimate of drug-likeness (QED) is 0.830. The molecule has 1 saturated heterocycles. The summed E-state index contributed by atoms with van der Waals surface area (Å²) in [5.74, 6) is 0.274. The highest BCUT2D eigenvalue weighted by Crippen LogP contribution is 2.49. The molecule has 2 fully saturated rings. The maximum Gasteiger partial charge on any atom is 0.233 e. The summed E-state index contributed by atoms with van der Waals surface area (Å²) < 4.78 is 0. The highest BCUT2D eigenvalue weighted by atomic mass is 16.2. The maximum atomic E-state index is 12.9. The Morgan fingerprint density at radius 2 is 2.11 bits per heavy atom. The monoisotopic (exact) mass is 259 g/mol. The van der Waals surface area contributed by atoms with Crippen LogP contribution in [0.3, 0.4) is 0 Å². The van der Waals surface area contributed by atoms with Crippen molar-refractivity contribution >= 4 is 5.91 Å². The molecule has 0 spiro atoms. The Hall–Kier alpha value is -1.39. The number of nitrogens with zero attached hydrogens (tertiary/aromatic N) is 1. The van der Waals surface area contributed by atoms with E-state index in [-0.39, 0.29) is 17.4 Å². The highest BCUT2D eigenvalue weighted by molar-refractivity contribution is 5.91. The first-order chi connectivity index (χ1) is 9.28. The largest absolute Gasteiger partial charge is 0.335 e. The van der Waals surface area contributed by atoms with Gasteiger partial charge in [0.2, 0.25) is 5.91 Å². The van der Waals surface area contributed by atoms with Gasteiger partial charge in [0, 0.05) is 26.2 Å². The average molecular weight is 259 g/mol. The molecule has 1 heterocycles. The van der Waals surface area contributed by atoms with Gasteiger partial charge in [0.1, 0.15) is 0 Å². The van der Waals surface area contributed by atoms with Gasteiger partial charge in [0.25, 0.3) is 0 Å². The predicted octanol–water partition coefficient (Wildman–Crippen LogP) is 0.477. The van der Waals surface area contributed by atoms with Crippen molar-refractivity contribution in [2.45, 2.75) is 24.3 Å². The number of rotatable bonds is 3. The lowest BCUT2D eigenvalue weighted by molar-refractivity contribution is -0.137. The normalized spacial score (nSPS) is 25.1. The van der Waals surface area contributed by atoms with Crippen LogP contribution in [0.4, 0.5) is 0 Å². The molecule has 0 bridgehead atoms. The van der Waals surface area contributed by atoms with Crippen LogP contribution in [0.25, 0.3) is 0 Å². The first-order valence-electron chi connectivity index (χ1n) is 7.05. The van der Waals surface area contributed by atoms with Gasteiger partial charge in [-0.3, -0.25) is 4.79 Å². The molecule has 4 nitrogen and oxygen atoms in total. The minimum Gasteiger partial charge on any atom is -0.335 e. The SMILES string of the molecule is NCC1CNCCN1C(=O)C1(c2ccccc2)CC1. The minimum atomic E-state index is -0.258. The molecule has 1 aromatic carbocycles. The number of carbonyl (C=O) groups excluding carboxylic acids is 1. The molecule has 1 unspecified atom stereocenters. The zero-order valence-electron chi connectivity index (χ0n) is 11.1. The lowest BCUT2D eigenvalue weighted by atomic mass is 9.93. The standard InChI is InChI=1S/C15H21N3O/c16-10-13-11-17-8-9-18(13)14(19)15(6-7-15)12-4-2-1-3-5-12/h1-5,13,17H,6-11,16H2. The van der Waals surface area contributed by atoms with Crippen LogP contribution in [0.2, 0.25) is 0 Å². The molecule has 1 atom stereocenters. The molecule has 0 radical (unpaired) electrons. The molecular weight excluding hydrogens is 238 g/mol. The molecule has 3 rings (SSSR count). The van der Waals surface area contributed by atoms with Crippen molar-refractivity contribution in [1.29, 1.82) is 0 Å². The van der Waals surface area contributed by atoms with Gasteiger partial charge in [-0.1, -0.05) is 30.3 Å². The summed E-state index contributed by atoms with van der Waals surface area (Å²) >= 11 is 0. The van der Waals surface area contributed by atoms with Gasteiger partial charge in [-0.05, 0) is 18.4 Å². The van der Waals surface area contributed by atoms with Crippen LogP contribution in [-0.2, 0) is 10.2 Å². The van der Waals surface area contributed by atoms with Crippen molar-refractivity contribution in [3.63, 3.8) is 0 Å². The van der Waals surface area contributed by atoms with Gasteiger partial charge in [0.15, 0.2) is 0 Å². The fourth-order valence-electron chi connectivity index (χ4n) is 3.02. The van der Waals surface area contributed by atoms with Crippen LogP contribution in [0.15, 0.2) is 30.3 Å². The molecule has 2 aliphatic rings. The molecule has 1 aromatic rings. The third-order valence-electron chi connectivity index (χ3n) is 4.37. The third-order valence-corrected chi connectivity index (χ3v) is 4.37. The number of nitrogens with one attached hydrogen (secondary N) is 1. The Morgan fingerprint density at radius 1 is 1.37 bits per heavy atom. The van der Waals surface area contributed by atoms with E-state index in [2.05, 4.69) is 17.4 Å². The first kappa shape index (κ1) is 12.6. The van der Waals surface area contributed by atoms with Crippen molar-refractivity contribution in [3.8, 4) is 0 Å². The van der Waals surface area contributed by atoms with Crippen LogP contribution < -0.4 is 11.1 Å². The summed E-state index contributed by atoms with van der Waals surface area (Å²) in [7, 11) is 0. The van der Waals surface area contributed by atoms with E-state index in [9.17, 15) is 4.79 Å². The van der Waals surface area contributed by atoms with Crippen LogP contribution in [0.1, 0.15) is 18.4 Å². The number of carbonyl (C=O) groups is 1. The lowest BCUT2D eigenvalue weighted by Crippen LogP contribution is -2.58. The van der Waals surface area contributed by atoms with E-state index in [0.29, 0.717) is 6.54 Å². The Labute approximate surface area is 114 Å². The van der Waals surface area contributed by atoms with E-state index < -0.39 is 0 Å². The fourth-order valence-corrected chi connectivity index (χ4v) is 3.02. The molecule has 1 amide bonds.